The maximum atomic E-state index is 9.57. The summed E-state index contributed by atoms with van der Waals surface area (Å²) in [5, 5.41) is 11.9. The zero-order valence-electron chi connectivity index (χ0n) is 12.5. The van der Waals surface area contributed by atoms with Gasteiger partial charge < -0.3 is 10.0 Å². The van der Waals surface area contributed by atoms with Crippen molar-refractivity contribution in [2.24, 2.45) is 0 Å². The predicted molar refractivity (Wildman–Crippen MR) is 87.0 cm³/mol. The lowest BCUT2D eigenvalue weighted by atomic mass is 9.91. The summed E-state index contributed by atoms with van der Waals surface area (Å²) in [5.41, 5.74) is 1.32. The number of piperidine rings is 1. The molecule has 0 spiro atoms. The van der Waals surface area contributed by atoms with Gasteiger partial charge in [0.2, 0.25) is 0 Å². The van der Waals surface area contributed by atoms with Gasteiger partial charge in [-0.1, -0.05) is 18.6 Å². The van der Waals surface area contributed by atoms with Crippen LogP contribution < -0.4 is 4.90 Å². The Morgan fingerprint density at radius 1 is 0.952 bits per heavy atom. The molecule has 1 N–H and O–H groups in total. The first-order chi connectivity index (χ1) is 10.2. The fourth-order valence-corrected chi connectivity index (χ4v) is 3.95. The van der Waals surface area contributed by atoms with Crippen molar-refractivity contribution in [1.29, 1.82) is 0 Å². The van der Waals surface area contributed by atoms with E-state index in [2.05, 4.69) is 35.0 Å². The van der Waals surface area contributed by atoms with Crippen molar-refractivity contribution >= 4 is 16.5 Å². The molecule has 2 aromatic rings. The van der Waals surface area contributed by atoms with Crippen molar-refractivity contribution in [3.63, 3.8) is 0 Å². The number of anilines is 1. The van der Waals surface area contributed by atoms with E-state index in [0.717, 1.165) is 18.5 Å². The van der Waals surface area contributed by atoms with Gasteiger partial charge in [0.1, 0.15) is 5.75 Å². The molecule has 2 heterocycles. The van der Waals surface area contributed by atoms with Crippen molar-refractivity contribution in [2.75, 3.05) is 25.0 Å². The van der Waals surface area contributed by atoms with E-state index in [1.165, 1.54) is 30.3 Å². The molecule has 110 valence electrons. The number of aromatic hydroxyl groups is 1. The average Bonchev–Trinajstić information content (AvgIpc) is 2.46. The van der Waals surface area contributed by atoms with Crippen LogP contribution in [0.5, 0.6) is 5.75 Å². The molecule has 0 aliphatic carbocycles. The van der Waals surface area contributed by atoms with E-state index < -0.39 is 0 Å². The number of phenolic OH excluding ortho intramolecular Hbond substituents is 1. The molecule has 0 radical (unpaired) electrons. The SMILES string of the molecule is CN1C2CCCC1CN(c1ccc3cc(O)ccc3c1)C2. The normalized spacial score (nSPS) is 26.2. The van der Waals surface area contributed by atoms with Crippen LogP contribution in [0.1, 0.15) is 19.3 Å². The van der Waals surface area contributed by atoms with Crippen LogP contribution in [0, 0.1) is 0 Å². The zero-order chi connectivity index (χ0) is 14.4. The average molecular weight is 282 g/mol. The highest BCUT2D eigenvalue weighted by Gasteiger charge is 2.34. The Morgan fingerprint density at radius 2 is 1.62 bits per heavy atom. The number of nitrogens with zero attached hydrogens (tertiary/aromatic N) is 2. The first-order valence-electron chi connectivity index (χ1n) is 7.90. The second kappa shape index (κ2) is 4.92. The number of rotatable bonds is 1. The minimum Gasteiger partial charge on any atom is -0.508 e. The molecule has 2 bridgehead atoms. The number of hydrogen-bond acceptors (Lipinski definition) is 3. The van der Waals surface area contributed by atoms with E-state index in [-0.39, 0.29) is 0 Å². The molecule has 0 aromatic heterocycles. The van der Waals surface area contributed by atoms with Gasteiger partial charge in [-0.05, 0) is 54.9 Å². The van der Waals surface area contributed by atoms with Crippen LogP contribution in [-0.2, 0) is 0 Å². The van der Waals surface area contributed by atoms with Crippen LogP contribution in [0.3, 0.4) is 0 Å². The molecule has 0 amide bonds. The minimum atomic E-state index is 0.337. The maximum Gasteiger partial charge on any atom is 0.116 e. The van der Waals surface area contributed by atoms with Crippen LogP contribution >= 0.6 is 0 Å². The summed E-state index contributed by atoms with van der Waals surface area (Å²) in [4.78, 5) is 5.12. The topological polar surface area (TPSA) is 26.7 Å². The van der Waals surface area contributed by atoms with Gasteiger partial charge in [-0.2, -0.15) is 0 Å². The van der Waals surface area contributed by atoms with Gasteiger partial charge in [-0.3, -0.25) is 4.90 Å². The smallest absolute Gasteiger partial charge is 0.116 e. The quantitative estimate of drug-likeness (QED) is 0.870. The zero-order valence-corrected chi connectivity index (χ0v) is 12.5. The van der Waals surface area contributed by atoms with Crippen molar-refractivity contribution in [2.45, 2.75) is 31.3 Å². The molecular weight excluding hydrogens is 260 g/mol. The lowest BCUT2D eigenvalue weighted by molar-refractivity contribution is 0.0951. The molecule has 2 atom stereocenters. The molecule has 3 heteroatoms. The number of fused-ring (bicyclic) bond motifs is 3. The highest BCUT2D eigenvalue weighted by atomic mass is 16.3. The summed E-state index contributed by atoms with van der Waals surface area (Å²) in [6.45, 7) is 2.27. The van der Waals surface area contributed by atoms with Crippen LogP contribution in [0.25, 0.3) is 10.8 Å². The van der Waals surface area contributed by atoms with Crippen LogP contribution in [-0.4, -0.2) is 42.2 Å². The van der Waals surface area contributed by atoms with Gasteiger partial charge in [0.25, 0.3) is 0 Å². The van der Waals surface area contributed by atoms with Gasteiger partial charge in [-0.25, -0.2) is 0 Å². The summed E-state index contributed by atoms with van der Waals surface area (Å²) in [6.07, 6.45) is 4.03. The van der Waals surface area contributed by atoms with Crippen molar-refractivity contribution in [3.8, 4) is 5.75 Å². The Labute approximate surface area is 125 Å². The van der Waals surface area contributed by atoms with Crippen LogP contribution in [0.4, 0.5) is 5.69 Å². The van der Waals surface area contributed by atoms with Gasteiger partial charge in [0.05, 0.1) is 0 Å². The van der Waals surface area contributed by atoms with Gasteiger partial charge in [0.15, 0.2) is 0 Å². The summed E-state index contributed by atoms with van der Waals surface area (Å²) in [5.74, 6) is 0.337. The number of piperazine rings is 1. The van der Waals surface area contributed by atoms with Gasteiger partial charge >= 0.3 is 0 Å². The molecule has 0 saturated carbocycles. The summed E-state index contributed by atoms with van der Waals surface area (Å²) >= 11 is 0. The fourth-order valence-electron chi connectivity index (χ4n) is 3.95. The third-order valence-corrected chi connectivity index (χ3v) is 5.26. The van der Waals surface area contributed by atoms with Gasteiger partial charge in [0, 0.05) is 30.9 Å². The third-order valence-electron chi connectivity index (χ3n) is 5.26. The summed E-state index contributed by atoms with van der Waals surface area (Å²) in [6, 6.07) is 13.6. The molecule has 2 unspecified atom stereocenters. The molecule has 4 rings (SSSR count). The monoisotopic (exact) mass is 282 g/mol. The highest BCUT2D eigenvalue weighted by molar-refractivity contribution is 5.87. The molecule has 3 nitrogen and oxygen atoms in total. The van der Waals surface area contributed by atoms with E-state index in [9.17, 15) is 5.11 Å². The van der Waals surface area contributed by atoms with Crippen LogP contribution in [0.15, 0.2) is 36.4 Å². The number of likely N-dealkylation sites (N-methyl/N-ethyl adjacent to an activating group) is 1. The molecule has 2 aliphatic heterocycles. The number of hydrogen-bond donors (Lipinski definition) is 1. The molecule has 2 aliphatic rings. The highest BCUT2D eigenvalue weighted by Crippen LogP contribution is 2.32. The Kier molecular flexibility index (Phi) is 3.03. The summed E-state index contributed by atoms with van der Waals surface area (Å²) < 4.78 is 0. The summed E-state index contributed by atoms with van der Waals surface area (Å²) in [7, 11) is 2.29. The molecule has 2 saturated heterocycles. The Bertz CT molecular complexity index is 655. The van der Waals surface area contributed by atoms with Crippen molar-refractivity contribution in [1.82, 2.24) is 4.90 Å². The standard InChI is InChI=1S/C18H22N2O/c1-19-16-3-2-4-17(19)12-20(11-16)15-7-5-14-10-18(21)8-6-13(14)9-15/h5-10,16-17,21H,2-4,11-12H2,1H3. The minimum absolute atomic E-state index is 0.337. The second-order valence-corrected chi connectivity index (χ2v) is 6.52. The Hall–Kier alpha value is -1.74. The molecule has 21 heavy (non-hydrogen) atoms. The van der Waals surface area contributed by atoms with E-state index in [4.69, 9.17) is 0 Å². The third kappa shape index (κ3) is 2.26. The molecule has 2 aromatic carbocycles. The van der Waals surface area contributed by atoms with Crippen molar-refractivity contribution < 1.29 is 5.11 Å². The first kappa shape index (κ1) is 13.0. The van der Waals surface area contributed by atoms with E-state index in [1.807, 2.05) is 12.1 Å². The Balaban J connectivity index is 1.66. The maximum absolute atomic E-state index is 9.57. The van der Waals surface area contributed by atoms with Crippen molar-refractivity contribution in [3.05, 3.63) is 36.4 Å². The van der Waals surface area contributed by atoms with Crippen LogP contribution in [0.2, 0.25) is 0 Å². The van der Waals surface area contributed by atoms with E-state index in [0.29, 0.717) is 17.8 Å². The molecule has 2 fully saturated rings. The first-order valence-corrected chi connectivity index (χ1v) is 7.90. The van der Waals surface area contributed by atoms with E-state index >= 15 is 0 Å². The number of benzene rings is 2. The molecular formula is C18H22N2O. The van der Waals surface area contributed by atoms with Gasteiger partial charge in [-0.15, -0.1) is 0 Å². The second-order valence-electron chi connectivity index (χ2n) is 6.52. The largest absolute Gasteiger partial charge is 0.508 e. The Morgan fingerprint density at radius 3 is 2.38 bits per heavy atom. The lowest BCUT2D eigenvalue weighted by Crippen LogP contribution is -2.59. The predicted octanol–water partition coefficient (Wildman–Crippen LogP) is 3.22. The fraction of sp³-hybridized carbons (Fsp3) is 0.444. The lowest BCUT2D eigenvalue weighted by Gasteiger charge is -2.49. The number of phenols is 1. The van der Waals surface area contributed by atoms with E-state index in [1.54, 1.807) is 6.07 Å².